The number of hydrogen-bond donors (Lipinski definition) is 3. The van der Waals surface area contributed by atoms with E-state index in [-0.39, 0.29) is 12.5 Å². The van der Waals surface area contributed by atoms with Gasteiger partial charge in [0.15, 0.2) is 0 Å². The van der Waals surface area contributed by atoms with Crippen LogP contribution in [-0.4, -0.2) is 59.5 Å². The maximum absolute atomic E-state index is 11.8. The van der Waals surface area contributed by atoms with Gasteiger partial charge in [0.1, 0.15) is 11.8 Å². The molecule has 2 fully saturated rings. The third kappa shape index (κ3) is 2.80. The quantitative estimate of drug-likeness (QED) is 0.407. The van der Waals surface area contributed by atoms with Crippen molar-refractivity contribution in [1.29, 1.82) is 0 Å². The number of amides is 1. The van der Waals surface area contributed by atoms with E-state index < -0.39 is 11.6 Å². The Bertz CT molecular complexity index is 346. The summed E-state index contributed by atoms with van der Waals surface area (Å²) in [5.74, 6) is -0.261. The standard InChI is InChI=1S/C13H23N3O3/c14-12(19)13-4-1-2-10(3-5-13)16(13)9-11(18)8-15-6-7-17/h7,10-11,15,18H,1-6,8-9H2,(H2,14,19)/t10-,11?,13+/m1/s1. The lowest BCUT2D eigenvalue weighted by molar-refractivity contribution is -0.132. The molecule has 108 valence electrons. The Kier molecular flexibility index (Phi) is 4.54. The number of piperidine rings is 1. The maximum Gasteiger partial charge on any atom is 0.237 e. The molecule has 3 atom stereocenters. The lowest BCUT2D eigenvalue weighted by Crippen LogP contribution is -2.60. The van der Waals surface area contributed by atoms with Crippen molar-refractivity contribution in [2.75, 3.05) is 19.6 Å². The molecule has 1 amide bonds. The van der Waals surface area contributed by atoms with E-state index in [4.69, 9.17) is 5.73 Å². The normalized spacial score (nSPS) is 32.2. The maximum atomic E-state index is 11.8. The van der Waals surface area contributed by atoms with E-state index in [0.717, 1.165) is 38.4 Å². The first kappa shape index (κ1) is 14.4. The zero-order valence-corrected chi connectivity index (χ0v) is 11.2. The summed E-state index contributed by atoms with van der Waals surface area (Å²) in [7, 11) is 0. The Morgan fingerprint density at radius 3 is 3.00 bits per heavy atom. The van der Waals surface area contributed by atoms with Crippen LogP contribution in [0.1, 0.15) is 32.1 Å². The molecule has 0 spiro atoms. The highest BCUT2D eigenvalue weighted by atomic mass is 16.3. The Labute approximate surface area is 113 Å². The highest BCUT2D eigenvalue weighted by Gasteiger charge is 2.52. The molecular weight excluding hydrogens is 246 g/mol. The fraction of sp³-hybridized carbons (Fsp3) is 0.846. The molecule has 6 nitrogen and oxygen atoms in total. The van der Waals surface area contributed by atoms with Gasteiger partial charge in [-0.2, -0.15) is 0 Å². The van der Waals surface area contributed by atoms with Gasteiger partial charge in [-0.3, -0.25) is 9.69 Å². The molecule has 19 heavy (non-hydrogen) atoms. The molecule has 2 aliphatic rings. The number of aliphatic hydroxyl groups is 1. The van der Waals surface area contributed by atoms with E-state index in [1.54, 1.807) is 0 Å². The summed E-state index contributed by atoms with van der Waals surface area (Å²) in [6.45, 7) is 1.04. The van der Waals surface area contributed by atoms with E-state index >= 15 is 0 Å². The van der Waals surface area contributed by atoms with E-state index in [2.05, 4.69) is 10.2 Å². The Morgan fingerprint density at radius 1 is 1.53 bits per heavy atom. The summed E-state index contributed by atoms with van der Waals surface area (Å²) in [4.78, 5) is 24.1. The average Bonchev–Trinajstić information content (AvgIpc) is 2.59. The number of nitrogens with zero attached hydrogens (tertiary/aromatic N) is 1. The number of aliphatic hydroxyl groups excluding tert-OH is 1. The molecule has 2 saturated heterocycles. The van der Waals surface area contributed by atoms with Crippen molar-refractivity contribution in [3.63, 3.8) is 0 Å². The van der Waals surface area contributed by atoms with Gasteiger partial charge in [-0.15, -0.1) is 0 Å². The molecular formula is C13H23N3O3. The molecule has 0 aromatic rings. The molecule has 2 rings (SSSR count). The fourth-order valence-electron chi connectivity index (χ4n) is 3.57. The van der Waals surface area contributed by atoms with Crippen LogP contribution >= 0.6 is 0 Å². The summed E-state index contributed by atoms with van der Waals surface area (Å²) in [6.07, 6.45) is 4.87. The lowest BCUT2D eigenvalue weighted by Gasteiger charge is -2.43. The van der Waals surface area contributed by atoms with Gasteiger partial charge in [0.05, 0.1) is 12.6 Å². The summed E-state index contributed by atoms with van der Waals surface area (Å²) in [5.41, 5.74) is 5.06. The second-order valence-electron chi connectivity index (χ2n) is 5.61. The molecule has 4 N–H and O–H groups in total. The number of rotatable bonds is 7. The van der Waals surface area contributed by atoms with Crippen LogP contribution in [0.2, 0.25) is 0 Å². The van der Waals surface area contributed by atoms with Crippen LogP contribution in [0.5, 0.6) is 0 Å². The van der Waals surface area contributed by atoms with Crippen LogP contribution in [0, 0.1) is 0 Å². The molecule has 0 aromatic carbocycles. The minimum atomic E-state index is -0.586. The minimum Gasteiger partial charge on any atom is -0.390 e. The first-order chi connectivity index (χ1) is 9.10. The SMILES string of the molecule is NC(=O)[C@]12CCC[C@H](CC1)N2CC(O)CNCC=O. The zero-order valence-electron chi connectivity index (χ0n) is 11.2. The van der Waals surface area contributed by atoms with Crippen molar-refractivity contribution in [3.05, 3.63) is 0 Å². The summed E-state index contributed by atoms with van der Waals surface area (Å²) < 4.78 is 0. The molecule has 0 saturated carbocycles. The third-order valence-corrected chi connectivity index (χ3v) is 4.48. The second-order valence-corrected chi connectivity index (χ2v) is 5.61. The number of carbonyl (C=O) groups excluding carboxylic acids is 2. The predicted molar refractivity (Wildman–Crippen MR) is 70.4 cm³/mol. The highest BCUT2D eigenvalue weighted by Crippen LogP contribution is 2.43. The molecule has 0 aliphatic carbocycles. The first-order valence-electron chi connectivity index (χ1n) is 6.99. The fourth-order valence-corrected chi connectivity index (χ4v) is 3.57. The molecule has 0 aromatic heterocycles. The highest BCUT2D eigenvalue weighted by molar-refractivity contribution is 5.85. The predicted octanol–water partition coefficient (Wildman–Crippen LogP) is -0.992. The van der Waals surface area contributed by atoms with Gasteiger partial charge in [-0.05, 0) is 32.1 Å². The third-order valence-electron chi connectivity index (χ3n) is 4.48. The van der Waals surface area contributed by atoms with Gasteiger partial charge in [0.25, 0.3) is 0 Å². The van der Waals surface area contributed by atoms with Gasteiger partial charge in [0.2, 0.25) is 5.91 Å². The average molecular weight is 269 g/mol. The number of nitrogens with one attached hydrogen (secondary N) is 1. The monoisotopic (exact) mass is 269 g/mol. The summed E-state index contributed by atoms with van der Waals surface area (Å²) >= 11 is 0. The van der Waals surface area contributed by atoms with Gasteiger partial charge >= 0.3 is 0 Å². The lowest BCUT2D eigenvalue weighted by atomic mass is 9.87. The number of β-amino-alcohol motifs (C(OH)–C–C–N with tert-alkyl or cyclic N) is 1. The minimum absolute atomic E-state index is 0.238. The van der Waals surface area contributed by atoms with E-state index in [1.165, 1.54) is 0 Å². The van der Waals surface area contributed by atoms with Crippen LogP contribution in [-0.2, 0) is 9.59 Å². The van der Waals surface area contributed by atoms with Crippen molar-refractivity contribution in [3.8, 4) is 0 Å². The van der Waals surface area contributed by atoms with E-state index in [9.17, 15) is 14.7 Å². The summed E-state index contributed by atoms with van der Waals surface area (Å²) in [5, 5.41) is 12.9. The van der Waals surface area contributed by atoms with Crippen molar-refractivity contribution in [2.24, 2.45) is 5.73 Å². The van der Waals surface area contributed by atoms with Crippen LogP contribution in [0.25, 0.3) is 0 Å². The van der Waals surface area contributed by atoms with Crippen LogP contribution < -0.4 is 11.1 Å². The van der Waals surface area contributed by atoms with Crippen LogP contribution in [0.4, 0.5) is 0 Å². The van der Waals surface area contributed by atoms with Crippen molar-refractivity contribution in [1.82, 2.24) is 10.2 Å². The van der Waals surface area contributed by atoms with Crippen LogP contribution in [0.15, 0.2) is 0 Å². The molecule has 0 radical (unpaired) electrons. The Balaban J connectivity index is 1.97. The Hall–Kier alpha value is -0.980. The first-order valence-corrected chi connectivity index (χ1v) is 6.99. The summed E-state index contributed by atoms with van der Waals surface area (Å²) in [6, 6.07) is 0.363. The van der Waals surface area contributed by atoms with Gasteiger partial charge in [-0.25, -0.2) is 0 Å². The van der Waals surface area contributed by atoms with Crippen molar-refractivity contribution in [2.45, 2.75) is 49.8 Å². The molecule has 1 unspecified atom stereocenters. The number of primary amides is 1. The molecule has 2 bridgehead atoms. The van der Waals surface area contributed by atoms with Gasteiger partial charge in [0, 0.05) is 19.1 Å². The number of hydrogen-bond acceptors (Lipinski definition) is 5. The van der Waals surface area contributed by atoms with Gasteiger partial charge < -0.3 is 21.0 Å². The second kappa shape index (κ2) is 5.98. The van der Waals surface area contributed by atoms with E-state index in [1.807, 2.05) is 0 Å². The number of nitrogens with two attached hydrogens (primary N) is 1. The van der Waals surface area contributed by atoms with E-state index in [0.29, 0.717) is 19.1 Å². The van der Waals surface area contributed by atoms with Crippen molar-refractivity contribution >= 4 is 12.2 Å². The smallest absolute Gasteiger partial charge is 0.237 e. The molecule has 2 aliphatic heterocycles. The number of aldehydes is 1. The largest absolute Gasteiger partial charge is 0.390 e. The molecule has 2 heterocycles. The Morgan fingerprint density at radius 2 is 2.32 bits per heavy atom. The van der Waals surface area contributed by atoms with Gasteiger partial charge in [-0.1, -0.05) is 0 Å². The molecule has 6 heteroatoms. The topological polar surface area (TPSA) is 95.7 Å². The van der Waals surface area contributed by atoms with Crippen LogP contribution in [0.3, 0.4) is 0 Å². The number of carbonyl (C=O) groups is 2. The number of fused-ring (bicyclic) bond motifs is 2. The van der Waals surface area contributed by atoms with Crippen molar-refractivity contribution < 1.29 is 14.7 Å². The zero-order chi connectivity index (χ0) is 13.9.